The first-order valence-corrected chi connectivity index (χ1v) is 7.30. The van der Waals surface area contributed by atoms with E-state index < -0.39 is 11.8 Å². The maximum absolute atomic E-state index is 11.7. The lowest BCUT2D eigenvalue weighted by Crippen LogP contribution is -2.30. The minimum Gasteiger partial charge on any atom is -0.455 e. The van der Waals surface area contributed by atoms with Crippen LogP contribution in [0, 0.1) is 3.57 Å². The molecule has 22 heavy (non-hydrogen) atoms. The Morgan fingerprint density at radius 1 is 0.955 bits per heavy atom. The number of amides is 2. The minimum absolute atomic E-state index is 0.398. The summed E-state index contributed by atoms with van der Waals surface area (Å²) in [6, 6.07) is 8.34. The molecule has 0 bridgehead atoms. The summed E-state index contributed by atoms with van der Waals surface area (Å²) in [5.41, 5.74) is 6.27. The molecule has 6 N–H and O–H groups in total. The van der Waals surface area contributed by atoms with Crippen LogP contribution in [0.1, 0.15) is 20.7 Å². The maximum atomic E-state index is 11.7. The Kier molecular flexibility index (Phi) is 3.72. The Bertz CT molecular complexity index is 919. The van der Waals surface area contributed by atoms with E-state index in [1.165, 1.54) is 0 Å². The van der Waals surface area contributed by atoms with Crippen LogP contribution < -0.4 is 22.5 Å². The maximum Gasteiger partial charge on any atom is 0.265 e. The molecule has 0 atom stereocenters. The lowest BCUT2D eigenvalue weighted by atomic mass is 10.1. The van der Waals surface area contributed by atoms with Crippen LogP contribution in [0.4, 0.5) is 0 Å². The highest BCUT2D eigenvalue weighted by Crippen LogP contribution is 2.33. The number of hydrogen-bond donors (Lipinski definition) is 4. The zero-order valence-electron chi connectivity index (χ0n) is 11.1. The van der Waals surface area contributed by atoms with Gasteiger partial charge in [-0.3, -0.25) is 20.4 Å². The molecule has 0 radical (unpaired) electrons. The molecule has 0 aliphatic rings. The summed E-state index contributed by atoms with van der Waals surface area (Å²) in [4.78, 5) is 23.4. The molecule has 8 heteroatoms. The molecule has 1 heterocycles. The second-order valence-electron chi connectivity index (χ2n) is 4.59. The molecule has 112 valence electrons. The van der Waals surface area contributed by atoms with Crippen LogP contribution >= 0.6 is 22.6 Å². The van der Waals surface area contributed by atoms with Crippen LogP contribution in [0.5, 0.6) is 0 Å². The minimum atomic E-state index is -0.401. The molecule has 0 spiro atoms. The summed E-state index contributed by atoms with van der Waals surface area (Å²) in [6.45, 7) is 0. The van der Waals surface area contributed by atoms with Crippen LogP contribution in [-0.2, 0) is 0 Å². The highest BCUT2D eigenvalue weighted by molar-refractivity contribution is 14.1. The van der Waals surface area contributed by atoms with E-state index >= 15 is 0 Å². The summed E-state index contributed by atoms with van der Waals surface area (Å²) >= 11 is 2.08. The van der Waals surface area contributed by atoms with Crippen molar-refractivity contribution < 1.29 is 14.0 Å². The first-order chi connectivity index (χ1) is 10.5. The van der Waals surface area contributed by atoms with Crippen LogP contribution in [-0.4, -0.2) is 11.8 Å². The predicted octanol–water partition coefficient (Wildman–Crippen LogP) is 1.40. The predicted molar refractivity (Wildman–Crippen MR) is 89.7 cm³/mol. The van der Waals surface area contributed by atoms with Crippen molar-refractivity contribution in [2.45, 2.75) is 0 Å². The Balaban J connectivity index is 2.32. The van der Waals surface area contributed by atoms with Gasteiger partial charge < -0.3 is 4.42 Å². The number of nitrogens with one attached hydrogen (secondary N) is 2. The zero-order chi connectivity index (χ0) is 15.9. The number of benzene rings is 2. The molecule has 2 aromatic carbocycles. The molecular formula is C14H11IN4O3. The molecule has 0 aliphatic heterocycles. The smallest absolute Gasteiger partial charge is 0.265 e. The van der Waals surface area contributed by atoms with Gasteiger partial charge in [-0.25, -0.2) is 11.7 Å². The van der Waals surface area contributed by atoms with Crippen molar-refractivity contribution in [3.8, 4) is 0 Å². The molecule has 7 nitrogen and oxygen atoms in total. The SMILES string of the molecule is NNC(=O)c1ccc2oc3c(I)cc(C(=O)NN)cc3c2c1. The number of hydrazine groups is 2. The van der Waals surface area contributed by atoms with E-state index in [1.54, 1.807) is 30.3 Å². The number of rotatable bonds is 2. The van der Waals surface area contributed by atoms with Gasteiger partial charge in [0.2, 0.25) is 0 Å². The van der Waals surface area contributed by atoms with Crippen LogP contribution in [0.3, 0.4) is 0 Å². The molecule has 1 aromatic heterocycles. The third-order valence-electron chi connectivity index (χ3n) is 3.31. The Morgan fingerprint density at radius 2 is 1.59 bits per heavy atom. The van der Waals surface area contributed by atoms with Gasteiger partial charge in [0.25, 0.3) is 11.8 Å². The fourth-order valence-electron chi connectivity index (χ4n) is 2.28. The van der Waals surface area contributed by atoms with Crippen molar-refractivity contribution in [2.75, 3.05) is 0 Å². The topological polar surface area (TPSA) is 123 Å². The molecule has 2 amide bonds. The summed E-state index contributed by atoms with van der Waals surface area (Å²) in [5.74, 6) is 9.53. The molecule has 0 aliphatic carbocycles. The highest BCUT2D eigenvalue weighted by Gasteiger charge is 2.15. The largest absolute Gasteiger partial charge is 0.455 e. The highest BCUT2D eigenvalue weighted by atomic mass is 127. The Labute approximate surface area is 138 Å². The number of nitrogen functional groups attached to an aromatic ring is 2. The first kappa shape index (κ1) is 14.8. The number of hydrogen-bond acceptors (Lipinski definition) is 5. The number of halogens is 1. The van der Waals surface area contributed by atoms with Crippen molar-refractivity contribution >= 4 is 56.3 Å². The summed E-state index contributed by atoms with van der Waals surface area (Å²) < 4.78 is 6.56. The van der Waals surface area contributed by atoms with Gasteiger partial charge in [-0.15, -0.1) is 0 Å². The molecule has 0 saturated carbocycles. The normalized spacial score (nSPS) is 10.9. The Morgan fingerprint density at radius 3 is 2.27 bits per heavy atom. The molecule has 0 saturated heterocycles. The fraction of sp³-hybridized carbons (Fsp3) is 0. The summed E-state index contributed by atoms with van der Waals surface area (Å²) in [6.07, 6.45) is 0. The average Bonchev–Trinajstić information content (AvgIpc) is 2.91. The Hall–Kier alpha value is -2.17. The van der Waals surface area contributed by atoms with E-state index in [0.29, 0.717) is 22.3 Å². The van der Waals surface area contributed by atoms with Gasteiger partial charge in [0.15, 0.2) is 0 Å². The van der Waals surface area contributed by atoms with Gasteiger partial charge in [0.1, 0.15) is 11.2 Å². The standard InChI is InChI=1S/C14H11IN4O3/c15-10-5-7(14(21)19-17)4-9-8-3-6(13(20)18-16)1-2-11(8)22-12(9)10/h1-5H,16-17H2,(H,18,20)(H,19,21). The zero-order valence-corrected chi connectivity index (χ0v) is 13.3. The quantitative estimate of drug-likeness (QED) is 0.220. The summed E-state index contributed by atoms with van der Waals surface area (Å²) in [5, 5.41) is 1.45. The lowest BCUT2D eigenvalue weighted by molar-refractivity contribution is 0.0946. The van der Waals surface area contributed by atoms with Crippen molar-refractivity contribution in [3.63, 3.8) is 0 Å². The molecule has 0 fully saturated rings. The third-order valence-corrected chi connectivity index (χ3v) is 4.11. The van der Waals surface area contributed by atoms with Crippen molar-refractivity contribution in [1.29, 1.82) is 0 Å². The number of fused-ring (bicyclic) bond motifs is 3. The monoisotopic (exact) mass is 410 g/mol. The van der Waals surface area contributed by atoms with E-state index in [4.69, 9.17) is 16.1 Å². The van der Waals surface area contributed by atoms with E-state index in [1.807, 2.05) is 0 Å². The van der Waals surface area contributed by atoms with Gasteiger partial charge in [-0.1, -0.05) is 0 Å². The second-order valence-corrected chi connectivity index (χ2v) is 5.76. The van der Waals surface area contributed by atoms with E-state index in [0.717, 1.165) is 14.3 Å². The molecule has 3 rings (SSSR count). The number of carbonyl (C=O) groups excluding carboxylic acids is 2. The van der Waals surface area contributed by atoms with Crippen LogP contribution in [0.25, 0.3) is 21.9 Å². The van der Waals surface area contributed by atoms with Crippen molar-refractivity contribution in [1.82, 2.24) is 10.9 Å². The van der Waals surface area contributed by atoms with Crippen LogP contribution in [0.2, 0.25) is 0 Å². The molecular weight excluding hydrogens is 399 g/mol. The second kappa shape index (κ2) is 5.55. The van der Waals surface area contributed by atoms with Gasteiger partial charge in [0.05, 0.1) is 3.57 Å². The molecule has 3 aromatic rings. The van der Waals surface area contributed by atoms with Gasteiger partial charge >= 0.3 is 0 Å². The van der Waals surface area contributed by atoms with Gasteiger partial charge in [0, 0.05) is 21.9 Å². The van der Waals surface area contributed by atoms with Crippen LogP contribution in [0.15, 0.2) is 34.7 Å². The van der Waals surface area contributed by atoms with E-state index in [2.05, 4.69) is 33.4 Å². The molecule has 0 unspecified atom stereocenters. The summed E-state index contributed by atoms with van der Waals surface area (Å²) in [7, 11) is 0. The first-order valence-electron chi connectivity index (χ1n) is 6.23. The fourth-order valence-corrected chi connectivity index (χ4v) is 3.01. The van der Waals surface area contributed by atoms with E-state index in [9.17, 15) is 9.59 Å². The van der Waals surface area contributed by atoms with Crippen molar-refractivity contribution in [3.05, 3.63) is 45.0 Å². The number of furan rings is 1. The number of nitrogens with two attached hydrogens (primary N) is 2. The third kappa shape index (κ3) is 2.30. The van der Waals surface area contributed by atoms with E-state index in [-0.39, 0.29) is 0 Å². The van der Waals surface area contributed by atoms with Crippen molar-refractivity contribution in [2.24, 2.45) is 11.7 Å². The van der Waals surface area contributed by atoms with Gasteiger partial charge in [-0.2, -0.15) is 0 Å². The lowest BCUT2D eigenvalue weighted by Gasteiger charge is -2.01. The number of carbonyl (C=O) groups is 2. The average molecular weight is 410 g/mol. The van der Waals surface area contributed by atoms with Gasteiger partial charge in [-0.05, 0) is 52.9 Å².